The summed E-state index contributed by atoms with van der Waals surface area (Å²) in [4.78, 5) is 0. The quantitative estimate of drug-likeness (QED) is 0.230. The molecule has 2 aromatic heterocycles. The van der Waals surface area contributed by atoms with Crippen molar-refractivity contribution in [1.29, 1.82) is 0 Å². The molecule has 6 aromatic carbocycles. The zero-order chi connectivity index (χ0) is 27.3. The fraction of sp³-hybridized carbons (Fsp3) is 0.0526. The van der Waals surface area contributed by atoms with Crippen LogP contribution in [0.15, 0.2) is 140 Å². The third-order valence-electron chi connectivity index (χ3n) is 8.24. The molecule has 2 heterocycles. The first kappa shape index (κ1) is 24.1. The summed E-state index contributed by atoms with van der Waals surface area (Å²) >= 11 is 1.88. The van der Waals surface area contributed by atoms with Crippen LogP contribution in [-0.2, 0) is 6.42 Å². The zero-order valence-corrected chi connectivity index (χ0v) is 23.3. The Labute approximate surface area is 242 Å². The molecule has 0 saturated heterocycles. The number of rotatable bonds is 5. The van der Waals surface area contributed by atoms with Gasteiger partial charge in [-0.3, -0.25) is 0 Å². The number of thiophene rings is 1. The SMILES string of the molecule is N[C@H](Cc1cccc(-n2c3ccccc3c3ccc(-c4cccc5c4sc4ccccc45)cc32)c1)c1ccccc1. The zero-order valence-electron chi connectivity index (χ0n) is 22.5. The first-order valence-electron chi connectivity index (χ1n) is 14.1. The number of benzene rings is 6. The van der Waals surface area contributed by atoms with Gasteiger partial charge in [0, 0.05) is 42.7 Å². The first-order chi connectivity index (χ1) is 20.2. The molecule has 41 heavy (non-hydrogen) atoms. The van der Waals surface area contributed by atoms with Gasteiger partial charge < -0.3 is 10.3 Å². The van der Waals surface area contributed by atoms with Crippen LogP contribution in [0.1, 0.15) is 17.2 Å². The molecule has 8 aromatic rings. The Bertz CT molecular complexity index is 2200. The molecule has 0 unspecified atom stereocenters. The molecule has 0 fully saturated rings. The molecule has 0 radical (unpaired) electrons. The Hall–Kier alpha value is -4.70. The van der Waals surface area contributed by atoms with Gasteiger partial charge in [-0.25, -0.2) is 0 Å². The molecular formula is C38H28N2S. The van der Waals surface area contributed by atoms with E-state index < -0.39 is 0 Å². The highest BCUT2D eigenvalue weighted by molar-refractivity contribution is 7.26. The minimum absolute atomic E-state index is 0.0435. The summed E-state index contributed by atoms with van der Waals surface area (Å²) in [6.45, 7) is 0. The normalized spacial score (nSPS) is 12.5. The highest BCUT2D eigenvalue weighted by Gasteiger charge is 2.16. The third kappa shape index (κ3) is 4.05. The monoisotopic (exact) mass is 544 g/mol. The van der Waals surface area contributed by atoms with Crippen molar-refractivity contribution in [3.63, 3.8) is 0 Å². The van der Waals surface area contributed by atoms with Crippen LogP contribution < -0.4 is 5.73 Å². The van der Waals surface area contributed by atoms with Gasteiger partial charge in [-0.15, -0.1) is 11.3 Å². The van der Waals surface area contributed by atoms with E-state index in [0.29, 0.717) is 0 Å². The molecule has 0 saturated carbocycles. The van der Waals surface area contributed by atoms with Crippen LogP contribution in [0.3, 0.4) is 0 Å². The van der Waals surface area contributed by atoms with Crippen molar-refractivity contribution < 1.29 is 0 Å². The van der Waals surface area contributed by atoms with Gasteiger partial charge in [0.2, 0.25) is 0 Å². The Morgan fingerprint density at radius 1 is 0.585 bits per heavy atom. The van der Waals surface area contributed by atoms with E-state index in [9.17, 15) is 0 Å². The molecule has 2 N–H and O–H groups in total. The van der Waals surface area contributed by atoms with Crippen molar-refractivity contribution in [1.82, 2.24) is 4.57 Å². The van der Waals surface area contributed by atoms with Crippen LogP contribution in [0.4, 0.5) is 0 Å². The largest absolute Gasteiger partial charge is 0.324 e. The Kier molecular flexibility index (Phi) is 5.73. The lowest BCUT2D eigenvalue weighted by atomic mass is 9.99. The topological polar surface area (TPSA) is 30.9 Å². The fourth-order valence-corrected chi connectivity index (χ4v) is 7.52. The standard InChI is InChI=1S/C38H28N2S/c39-34(26-11-2-1-3-12-26)23-25-10-8-13-28(22-25)40-35-18-6-4-14-30(35)31-21-20-27(24-36(31)40)29-16-9-17-33-32-15-5-7-19-37(32)41-38(29)33/h1-22,24,34H,23,39H2/t34-/m1/s1. The maximum Gasteiger partial charge on any atom is 0.0547 e. The van der Waals surface area contributed by atoms with E-state index in [-0.39, 0.29) is 6.04 Å². The van der Waals surface area contributed by atoms with Gasteiger partial charge in [0.05, 0.1) is 11.0 Å². The molecular weight excluding hydrogens is 516 g/mol. The number of aromatic nitrogens is 1. The van der Waals surface area contributed by atoms with E-state index in [2.05, 4.69) is 138 Å². The molecule has 0 spiro atoms. The summed E-state index contributed by atoms with van der Waals surface area (Å²) in [7, 11) is 0. The van der Waals surface area contributed by atoms with E-state index in [0.717, 1.165) is 17.7 Å². The minimum atomic E-state index is -0.0435. The van der Waals surface area contributed by atoms with E-state index in [1.54, 1.807) is 0 Å². The van der Waals surface area contributed by atoms with E-state index in [1.807, 2.05) is 17.4 Å². The first-order valence-corrected chi connectivity index (χ1v) is 14.9. The fourth-order valence-electron chi connectivity index (χ4n) is 6.29. The number of nitrogens with zero attached hydrogens (tertiary/aromatic N) is 1. The molecule has 3 heteroatoms. The second-order valence-electron chi connectivity index (χ2n) is 10.8. The predicted molar refractivity (Wildman–Crippen MR) is 176 cm³/mol. The molecule has 196 valence electrons. The summed E-state index contributed by atoms with van der Waals surface area (Å²) < 4.78 is 5.08. The van der Waals surface area contributed by atoms with Crippen molar-refractivity contribution in [2.45, 2.75) is 12.5 Å². The van der Waals surface area contributed by atoms with Gasteiger partial charge in [-0.1, -0.05) is 109 Å². The molecule has 0 amide bonds. The smallest absolute Gasteiger partial charge is 0.0547 e. The maximum absolute atomic E-state index is 6.63. The molecule has 2 nitrogen and oxygen atoms in total. The minimum Gasteiger partial charge on any atom is -0.324 e. The van der Waals surface area contributed by atoms with Crippen LogP contribution in [0.5, 0.6) is 0 Å². The van der Waals surface area contributed by atoms with E-state index in [4.69, 9.17) is 5.73 Å². The van der Waals surface area contributed by atoms with Crippen LogP contribution in [0.2, 0.25) is 0 Å². The van der Waals surface area contributed by atoms with Crippen LogP contribution >= 0.6 is 11.3 Å². The lowest BCUT2D eigenvalue weighted by Crippen LogP contribution is -2.13. The van der Waals surface area contributed by atoms with Crippen molar-refractivity contribution in [3.05, 3.63) is 151 Å². The summed E-state index contributed by atoms with van der Waals surface area (Å²) in [5, 5.41) is 5.18. The van der Waals surface area contributed by atoms with Gasteiger partial charge in [0.1, 0.15) is 0 Å². The molecule has 1 atom stereocenters. The van der Waals surface area contributed by atoms with Crippen LogP contribution in [0, 0.1) is 0 Å². The summed E-state index contributed by atoms with van der Waals surface area (Å²) in [6, 6.07) is 50.3. The van der Waals surface area contributed by atoms with Crippen molar-refractivity contribution in [3.8, 4) is 16.8 Å². The molecule has 0 aliphatic carbocycles. The molecule has 0 bridgehead atoms. The second-order valence-corrected chi connectivity index (χ2v) is 11.8. The number of fused-ring (bicyclic) bond motifs is 6. The highest BCUT2D eigenvalue weighted by Crippen LogP contribution is 2.41. The van der Waals surface area contributed by atoms with Crippen molar-refractivity contribution in [2.75, 3.05) is 0 Å². The lowest BCUT2D eigenvalue weighted by molar-refractivity contribution is 0.721. The van der Waals surface area contributed by atoms with Gasteiger partial charge in [-0.2, -0.15) is 0 Å². The van der Waals surface area contributed by atoms with Gasteiger partial charge in [-0.05, 0) is 59.0 Å². The number of hydrogen-bond acceptors (Lipinski definition) is 2. The van der Waals surface area contributed by atoms with Gasteiger partial charge >= 0.3 is 0 Å². The molecule has 0 aliphatic heterocycles. The molecule has 0 aliphatic rings. The highest BCUT2D eigenvalue weighted by atomic mass is 32.1. The Morgan fingerprint density at radius 2 is 1.32 bits per heavy atom. The summed E-state index contributed by atoms with van der Waals surface area (Å²) in [6.07, 6.45) is 0.786. The van der Waals surface area contributed by atoms with Crippen LogP contribution in [-0.4, -0.2) is 4.57 Å². The second kappa shape index (κ2) is 9.74. The number of nitrogens with two attached hydrogens (primary N) is 1. The van der Waals surface area contributed by atoms with Crippen molar-refractivity contribution >= 4 is 53.3 Å². The van der Waals surface area contributed by atoms with Crippen LogP contribution in [0.25, 0.3) is 58.8 Å². The van der Waals surface area contributed by atoms with Gasteiger partial charge in [0.25, 0.3) is 0 Å². The lowest BCUT2D eigenvalue weighted by Gasteiger charge is -2.14. The molecule has 8 rings (SSSR count). The maximum atomic E-state index is 6.63. The van der Waals surface area contributed by atoms with Gasteiger partial charge in [0.15, 0.2) is 0 Å². The number of para-hydroxylation sites is 1. The summed E-state index contributed by atoms with van der Waals surface area (Å²) in [5.74, 6) is 0. The van der Waals surface area contributed by atoms with E-state index in [1.165, 1.54) is 58.7 Å². The predicted octanol–water partition coefficient (Wildman–Crippen LogP) is 10.1. The van der Waals surface area contributed by atoms with E-state index >= 15 is 0 Å². The average Bonchev–Trinajstić information content (AvgIpc) is 3.57. The van der Waals surface area contributed by atoms with Crippen molar-refractivity contribution in [2.24, 2.45) is 5.73 Å². The third-order valence-corrected chi connectivity index (χ3v) is 9.46. The average molecular weight is 545 g/mol. The number of hydrogen-bond donors (Lipinski definition) is 1. The Balaban J connectivity index is 1.30. The summed E-state index contributed by atoms with van der Waals surface area (Å²) in [5.41, 5.74) is 15.1. The Morgan fingerprint density at radius 3 is 2.22 bits per heavy atom.